The first-order valence-electron chi connectivity index (χ1n) is 7.53. The molecule has 0 aliphatic rings. The Hall–Kier alpha value is -1.09. The molecule has 1 aromatic rings. The molecule has 0 bridgehead atoms. The van der Waals surface area contributed by atoms with Crippen molar-refractivity contribution in [2.45, 2.75) is 59.9 Å². The van der Waals surface area contributed by atoms with Crippen LogP contribution in [0.2, 0.25) is 0 Å². The zero-order valence-electron chi connectivity index (χ0n) is 13.4. The summed E-state index contributed by atoms with van der Waals surface area (Å²) in [6.07, 6.45) is 3.69. The molecule has 112 valence electrons. The lowest BCUT2D eigenvalue weighted by Crippen LogP contribution is -2.36. The molecular weight excluding hydrogens is 264 g/mol. The number of nitrogens with one attached hydrogen (secondary N) is 2. The number of aryl methyl sites for hydroxylation is 2. The zero-order chi connectivity index (χ0) is 15.1. The molecule has 20 heavy (non-hydrogen) atoms. The van der Waals surface area contributed by atoms with Crippen molar-refractivity contribution < 1.29 is 0 Å². The van der Waals surface area contributed by atoms with Crippen molar-refractivity contribution in [1.82, 2.24) is 5.32 Å². The van der Waals surface area contributed by atoms with E-state index in [4.69, 9.17) is 12.2 Å². The summed E-state index contributed by atoms with van der Waals surface area (Å²) in [5, 5.41) is 7.37. The van der Waals surface area contributed by atoms with Gasteiger partial charge in [-0.25, -0.2) is 0 Å². The first kappa shape index (κ1) is 17.0. The molecule has 1 rings (SSSR count). The molecule has 2 nitrogen and oxygen atoms in total. The number of anilines is 1. The minimum atomic E-state index is 0.416. The van der Waals surface area contributed by atoms with Crippen LogP contribution in [-0.2, 0) is 0 Å². The van der Waals surface area contributed by atoms with Crippen molar-refractivity contribution >= 4 is 23.0 Å². The van der Waals surface area contributed by atoms with Gasteiger partial charge in [-0.2, -0.15) is 0 Å². The molecule has 0 aliphatic carbocycles. The molecule has 1 aromatic carbocycles. The van der Waals surface area contributed by atoms with Gasteiger partial charge in [0.05, 0.1) is 0 Å². The number of hydrogen-bond acceptors (Lipinski definition) is 1. The largest absolute Gasteiger partial charge is 0.360 e. The third-order valence-electron chi connectivity index (χ3n) is 3.43. The Kier molecular flexibility index (Phi) is 7.00. The van der Waals surface area contributed by atoms with Crippen molar-refractivity contribution in [2.75, 3.05) is 5.32 Å². The van der Waals surface area contributed by atoms with Gasteiger partial charge in [0.1, 0.15) is 0 Å². The van der Waals surface area contributed by atoms with Gasteiger partial charge in [0.25, 0.3) is 0 Å². The van der Waals surface area contributed by atoms with E-state index in [1.165, 1.54) is 24.0 Å². The monoisotopic (exact) mass is 292 g/mol. The topological polar surface area (TPSA) is 24.1 Å². The summed E-state index contributed by atoms with van der Waals surface area (Å²) in [5.74, 6) is 0.780. The maximum absolute atomic E-state index is 5.38. The summed E-state index contributed by atoms with van der Waals surface area (Å²) in [6, 6.07) is 6.77. The molecule has 1 atom stereocenters. The highest BCUT2D eigenvalue weighted by Crippen LogP contribution is 2.16. The van der Waals surface area contributed by atoms with E-state index in [1.807, 2.05) is 0 Å². The second kappa shape index (κ2) is 8.25. The molecule has 0 aromatic heterocycles. The van der Waals surface area contributed by atoms with Gasteiger partial charge >= 0.3 is 0 Å². The zero-order valence-corrected chi connectivity index (χ0v) is 14.2. The first-order chi connectivity index (χ1) is 9.38. The van der Waals surface area contributed by atoms with Crippen LogP contribution in [0, 0.1) is 19.8 Å². The molecule has 1 unspecified atom stereocenters. The van der Waals surface area contributed by atoms with Crippen LogP contribution < -0.4 is 10.6 Å². The van der Waals surface area contributed by atoms with Gasteiger partial charge in [0.15, 0.2) is 5.11 Å². The van der Waals surface area contributed by atoms with E-state index in [9.17, 15) is 0 Å². The summed E-state index contributed by atoms with van der Waals surface area (Å²) in [7, 11) is 0. The van der Waals surface area contributed by atoms with E-state index in [-0.39, 0.29) is 0 Å². The second-order valence-electron chi connectivity index (χ2n) is 6.14. The average Bonchev–Trinajstić information content (AvgIpc) is 2.32. The van der Waals surface area contributed by atoms with Gasteiger partial charge in [-0.3, -0.25) is 0 Å². The van der Waals surface area contributed by atoms with Crippen LogP contribution in [0.4, 0.5) is 5.69 Å². The first-order valence-corrected chi connectivity index (χ1v) is 7.94. The number of rotatable bonds is 6. The Balaban J connectivity index is 2.39. The fourth-order valence-corrected chi connectivity index (χ4v) is 2.55. The molecule has 0 heterocycles. The van der Waals surface area contributed by atoms with Crippen LogP contribution in [-0.4, -0.2) is 11.2 Å². The lowest BCUT2D eigenvalue weighted by atomic mass is 10.0. The Labute approximate surface area is 129 Å². The smallest absolute Gasteiger partial charge is 0.170 e. The highest BCUT2D eigenvalue weighted by molar-refractivity contribution is 7.80. The Morgan fingerprint density at radius 2 is 1.85 bits per heavy atom. The molecule has 0 saturated carbocycles. The summed E-state index contributed by atoms with van der Waals surface area (Å²) in [4.78, 5) is 0. The maximum atomic E-state index is 5.38. The third-order valence-corrected chi connectivity index (χ3v) is 3.65. The third kappa shape index (κ3) is 6.38. The van der Waals surface area contributed by atoms with Gasteiger partial charge in [0, 0.05) is 11.7 Å². The lowest BCUT2D eigenvalue weighted by Gasteiger charge is -2.18. The van der Waals surface area contributed by atoms with E-state index >= 15 is 0 Å². The Bertz CT molecular complexity index is 441. The van der Waals surface area contributed by atoms with Crippen molar-refractivity contribution in [3.8, 4) is 0 Å². The molecular formula is C17H28N2S. The van der Waals surface area contributed by atoms with E-state index in [2.05, 4.69) is 63.5 Å². The highest BCUT2D eigenvalue weighted by Gasteiger charge is 2.06. The fraction of sp³-hybridized carbons (Fsp3) is 0.588. The molecule has 0 radical (unpaired) electrons. The van der Waals surface area contributed by atoms with Gasteiger partial charge in [-0.05, 0) is 57.0 Å². The van der Waals surface area contributed by atoms with Crippen LogP contribution in [0.15, 0.2) is 18.2 Å². The van der Waals surface area contributed by atoms with Crippen molar-refractivity contribution in [3.05, 3.63) is 29.3 Å². The number of hydrogen-bond donors (Lipinski definition) is 2. The fourth-order valence-electron chi connectivity index (χ4n) is 2.24. The average molecular weight is 292 g/mol. The SMILES string of the molecule is Cc1ccc(NC(=S)NC(C)CCCC(C)C)c(C)c1. The van der Waals surface area contributed by atoms with Crippen molar-refractivity contribution in [2.24, 2.45) is 5.92 Å². The lowest BCUT2D eigenvalue weighted by molar-refractivity contribution is 0.495. The summed E-state index contributed by atoms with van der Waals surface area (Å²) in [5.41, 5.74) is 3.58. The van der Waals surface area contributed by atoms with Crippen LogP contribution >= 0.6 is 12.2 Å². The van der Waals surface area contributed by atoms with E-state index < -0.39 is 0 Å². The van der Waals surface area contributed by atoms with Gasteiger partial charge in [-0.15, -0.1) is 0 Å². The summed E-state index contributed by atoms with van der Waals surface area (Å²) >= 11 is 5.38. The minimum Gasteiger partial charge on any atom is -0.360 e. The van der Waals surface area contributed by atoms with Gasteiger partial charge < -0.3 is 10.6 Å². The van der Waals surface area contributed by atoms with Crippen LogP contribution in [0.3, 0.4) is 0 Å². The Morgan fingerprint density at radius 1 is 1.15 bits per heavy atom. The molecule has 0 spiro atoms. The predicted octanol–water partition coefficient (Wildman–Crippen LogP) is 4.80. The molecule has 3 heteroatoms. The highest BCUT2D eigenvalue weighted by atomic mass is 32.1. The van der Waals surface area contributed by atoms with Crippen molar-refractivity contribution in [1.29, 1.82) is 0 Å². The summed E-state index contributed by atoms with van der Waals surface area (Å²) < 4.78 is 0. The molecule has 0 fully saturated rings. The van der Waals surface area contributed by atoms with Crippen LogP contribution in [0.5, 0.6) is 0 Å². The van der Waals surface area contributed by atoms with Gasteiger partial charge in [0.2, 0.25) is 0 Å². The second-order valence-corrected chi connectivity index (χ2v) is 6.55. The predicted molar refractivity (Wildman–Crippen MR) is 93.4 cm³/mol. The number of benzene rings is 1. The molecule has 0 aliphatic heterocycles. The maximum Gasteiger partial charge on any atom is 0.170 e. The Morgan fingerprint density at radius 3 is 2.45 bits per heavy atom. The van der Waals surface area contributed by atoms with E-state index in [0.717, 1.165) is 18.0 Å². The van der Waals surface area contributed by atoms with Gasteiger partial charge in [-0.1, -0.05) is 44.4 Å². The number of thiocarbonyl (C=S) groups is 1. The quantitative estimate of drug-likeness (QED) is 0.736. The standard InChI is InChI=1S/C17H28N2S/c1-12(2)7-6-8-15(5)18-17(20)19-16-10-9-13(3)11-14(16)4/h9-12,15H,6-8H2,1-5H3,(H2,18,19,20). The molecule has 0 amide bonds. The van der Waals surface area contributed by atoms with E-state index in [1.54, 1.807) is 0 Å². The molecule has 2 N–H and O–H groups in total. The molecule has 0 saturated heterocycles. The van der Waals surface area contributed by atoms with E-state index in [0.29, 0.717) is 11.2 Å². The normalized spacial score (nSPS) is 12.3. The van der Waals surface area contributed by atoms with Crippen LogP contribution in [0.25, 0.3) is 0 Å². The summed E-state index contributed by atoms with van der Waals surface area (Å²) in [6.45, 7) is 10.9. The minimum absolute atomic E-state index is 0.416. The van der Waals surface area contributed by atoms with Crippen molar-refractivity contribution in [3.63, 3.8) is 0 Å². The van der Waals surface area contributed by atoms with Crippen LogP contribution in [0.1, 0.15) is 51.2 Å².